The molecule has 1 atom stereocenters. The largest absolute Gasteiger partial charge is 0.462 e. The van der Waals surface area contributed by atoms with Crippen LogP contribution in [-0.4, -0.2) is 21.0 Å². The number of sulfonamides is 1. The summed E-state index contributed by atoms with van der Waals surface area (Å²) in [5.41, 5.74) is 1.69. The van der Waals surface area contributed by atoms with Crippen LogP contribution in [0.5, 0.6) is 0 Å². The van der Waals surface area contributed by atoms with E-state index in [4.69, 9.17) is 4.74 Å². The number of carbonyl (C=O) groups excluding carboxylic acids is 1. The smallest absolute Gasteiger partial charge is 0.338 e. The second-order valence-corrected chi connectivity index (χ2v) is 7.99. The van der Waals surface area contributed by atoms with Crippen molar-refractivity contribution in [2.24, 2.45) is 5.92 Å². The van der Waals surface area contributed by atoms with Gasteiger partial charge in [0.05, 0.1) is 17.9 Å². The Hall–Kier alpha value is -2.38. The lowest BCUT2D eigenvalue weighted by atomic mass is 10.1. The standard InChI is InChI=1S/C18H20N2O4S/c1-12(2)11-24-18(21)14-9-7-13(8-10-14)17-19-15-5-3-4-6-16(15)25(22,23)20-17/h3-10,12,17,19-20H,11H2,1-2H3. The van der Waals surface area contributed by atoms with Gasteiger partial charge in [-0.05, 0) is 35.7 Å². The fraction of sp³-hybridized carbons (Fsp3) is 0.278. The predicted molar refractivity (Wildman–Crippen MR) is 94.7 cm³/mol. The van der Waals surface area contributed by atoms with E-state index in [1.165, 1.54) is 0 Å². The van der Waals surface area contributed by atoms with E-state index in [2.05, 4.69) is 10.0 Å². The molecule has 0 bridgehead atoms. The molecule has 1 heterocycles. The van der Waals surface area contributed by atoms with Gasteiger partial charge in [-0.2, -0.15) is 4.72 Å². The van der Waals surface area contributed by atoms with Gasteiger partial charge < -0.3 is 10.1 Å². The molecule has 0 spiro atoms. The summed E-state index contributed by atoms with van der Waals surface area (Å²) in [6.45, 7) is 4.30. The number of para-hydroxylation sites is 1. The number of rotatable bonds is 4. The quantitative estimate of drug-likeness (QED) is 0.819. The van der Waals surface area contributed by atoms with E-state index in [0.717, 1.165) is 0 Å². The molecule has 1 aliphatic heterocycles. The zero-order valence-electron chi connectivity index (χ0n) is 14.0. The van der Waals surface area contributed by atoms with Crippen LogP contribution in [0.25, 0.3) is 0 Å². The summed E-state index contributed by atoms with van der Waals surface area (Å²) in [5.74, 6) is -0.119. The predicted octanol–water partition coefficient (Wildman–Crippen LogP) is 2.90. The molecule has 132 valence electrons. The number of benzene rings is 2. The minimum Gasteiger partial charge on any atom is -0.462 e. The summed E-state index contributed by atoms with van der Waals surface area (Å²) in [5, 5.41) is 3.15. The third kappa shape index (κ3) is 3.83. The second kappa shape index (κ2) is 6.85. The van der Waals surface area contributed by atoms with Crippen molar-refractivity contribution < 1.29 is 17.9 Å². The van der Waals surface area contributed by atoms with Gasteiger partial charge in [0.15, 0.2) is 0 Å². The lowest BCUT2D eigenvalue weighted by molar-refractivity contribution is 0.0459. The Morgan fingerprint density at radius 2 is 1.80 bits per heavy atom. The summed E-state index contributed by atoms with van der Waals surface area (Å²) in [6, 6.07) is 13.4. The average Bonchev–Trinajstić information content (AvgIpc) is 2.59. The van der Waals surface area contributed by atoms with Crippen molar-refractivity contribution in [3.8, 4) is 0 Å². The number of fused-ring (bicyclic) bond motifs is 1. The Morgan fingerprint density at radius 1 is 1.12 bits per heavy atom. The molecule has 6 nitrogen and oxygen atoms in total. The van der Waals surface area contributed by atoms with E-state index < -0.39 is 16.2 Å². The highest BCUT2D eigenvalue weighted by atomic mass is 32.2. The van der Waals surface area contributed by atoms with E-state index in [0.29, 0.717) is 23.4 Å². The van der Waals surface area contributed by atoms with Gasteiger partial charge in [0.2, 0.25) is 10.0 Å². The molecule has 0 amide bonds. The minimum atomic E-state index is -3.59. The topological polar surface area (TPSA) is 84.5 Å². The van der Waals surface area contributed by atoms with Crippen molar-refractivity contribution in [1.82, 2.24) is 4.72 Å². The van der Waals surface area contributed by atoms with E-state index >= 15 is 0 Å². The molecule has 2 aromatic rings. The van der Waals surface area contributed by atoms with Crippen molar-refractivity contribution in [3.63, 3.8) is 0 Å². The van der Waals surface area contributed by atoms with Crippen LogP contribution in [0.3, 0.4) is 0 Å². The fourth-order valence-corrected chi connectivity index (χ4v) is 3.82. The average molecular weight is 360 g/mol. The monoisotopic (exact) mass is 360 g/mol. The van der Waals surface area contributed by atoms with Crippen molar-refractivity contribution in [2.45, 2.75) is 24.9 Å². The van der Waals surface area contributed by atoms with Gasteiger partial charge in [0.25, 0.3) is 0 Å². The van der Waals surface area contributed by atoms with Crippen molar-refractivity contribution in [2.75, 3.05) is 11.9 Å². The first kappa shape index (κ1) is 17.4. The molecular formula is C18H20N2O4S. The normalized spacial score (nSPS) is 18.3. The lowest BCUT2D eigenvalue weighted by Gasteiger charge is -2.28. The van der Waals surface area contributed by atoms with Gasteiger partial charge >= 0.3 is 5.97 Å². The molecule has 0 saturated carbocycles. The number of carbonyl (C=O) groups is 1. The van der Waals surface area contributed by atoms with Crippen LogP contribution in [0.15, 0.2) is 53.4 Å². The third-order valence-corrected chi connectivity index (χ3v) is 5.26. The van der Waals surface area contributed by atoms with E-state index in [1.54, 1.807) is 48.5 Å². The molecule has 0 fully saturated rings. The molecule has 1 aliphatic rings. The highest BCUT2D eigenvalue weighted by molar-refractivity contribution is 7.89. The summed E-state index contributed by atoms with van der Waals surface area (Å²) in [7, 11) is -3.59. The Bertz CT molecular complexity index is 876. The first-order valence-corrected chi connectivity index (χ1v) is 9.50. The zero-order chi connectivity index (χ0) is 18.0. The van der Waals surface area contributed by atoms with Crippen LogP contribution in [0.4, 0.5) is 5.69 Å². The van der Waals surface area contributed by atoms with Gasteiger partial charge in [-0.3, -0.25) is 0 Å². The SMILES string of the molecule is CC(C)COC(=O)c1ccc(C2Nc3ccccc3S(=O)(=O)N2)cc1. The number of anilines is 1. The van der Waals surface area contributed by atoms with Crippen LogP contribution >= 0.6 is 0 Å². The Labute approximate surface area is 147 Å². The number of ether oxygens (including phenoxy) is 1. The van der Waals surface area contributed by atoms with Gasteiger partial charge in [-0.25, -0.2) is 13.2 Å². The van der Waals surface area contributed by atoms with Gasteiger partial charge in [-0.1, -0.05) is 38.1 Å². The summed E-state index contributed by atoms with van der Waals surface area (Å²) in [4.78, 5) is 12.2. The Kier molecular flexibility index (Phi) is 4.78. The summed E-state index contributed by atoms with van der Waals surface area (Å²) >= 11 is 0. The number of nitrogens with one attached hydrogen (secondary N) is 2. The van der Waals surface area contributed by atoms with Gasteiger partial charge in [0.1, 0.15) is 11.1 Å². The molecule has 1 unspecified atom stereocenters. The molecule has 2 N–H and O–H groups in total. The molecular weight excluding hydrogens is 340 g/mol. The van der Waals surface area contributed by atoms with Crippen LogP contribution in [0.1, 0.15) is 35.9 Å². The van der Waals surface area contributed by atoms with E-state index in [1.807, 2.05) is 13.8 Å². The van der Waals surface area contributed by atoms with Gasteiger partial charge in [0, 0.05) is 0 Å². The zero-order valence-corrected chi connectivity index (χ0v) is 14.8. The molecule has 25 heavy (non-hydrogen) atoms. The van der Waals surface area contributed by atoms with E-state index in [9.17, 15) is 13.2 Å². The lowest BCUT2D eigenvalue weighted by Crippen LogP contribution is -2.38. The van der Waals surface area contributed by atoms with Crippen LogP contribution in [0, 0.1) is 5.92 Å². The molecule has 7 heteroatoms. The van der Waals surface area contributed by atoms with Crippen molar-refractivity contribution in [3.05, 3.63) is 59.7 Å². The van der Waals surface area contributed by atoms with E-state index in [-0.39, 0.29) is 16.8 Å². The highest BCUT2D eigenvalue weighted by Gasteiger charge is 2.29. The maximum atomic E-state index is 12.4. The minimum absolute atomic E-state index is 0.222. The second-order valence-electron chi connectivity index (χ2n) is 6.31. The molecule has 0 radical (unpaired) electrons. The maximum absolute atomic E-state index is 12.4. The number of esters is 1. The Morgan fingerprint density at radius 3 is 2.48 bits per heavy atom. The molecule has 2 aromatic carbocycles. The first-order chi connectivity index (χ1) is 11.9. The molecule has 0 aliphatic carbocycles. The van der Waals surface area contributed by atoms with Gasteiger partial charge in [-0.15, -0.1) is 0 Å². The van der Waals surface area contributed by atoms with Crippen LogP contribution in [-0.2, 0) is 14.8 Å². The van der Waals surface area contributed by atoms with Crippen LogP contribution in [0.2, 0.25) is 0 Å². The van der Waals surface area contributed by atoms with Crippen molar-refractivity contribution >= 4 is 21.7 Å². The highest BCUT2D eigenvalue weighted by Crippen LogP contribution is 2.30. The first-order valence-electron chi connectivity index (χ1n) is 8.02. The van der Waals surface area contributed by atoms with Crippen LogP contribution < -0.4 is 10.0 Å². The Balaban J connectivity index is 1.79. The summed E-state index contributed by atoms with van der Waals surface area (Å²) < 4.78 is 32.5. The molecule has 3 rings (SSSR count). The maximum Gasteiger partial charge on any atom is 0.338 e. The fourth-order valence-electron chi connectivity index (χ4n) is 2.51. The third-order valence-electron chi connectivity index (χ3n) is 3.78. The van der Waals surface area contributed by atoms with Crippen molar-refractivity contribution in [1.29, 1.82) is 0 Å². The summed E-state index contributed by atoms with van der Waals surface area (Å²) in [6.07, 6.45) is -0.597. The number of hydrogen-bond donors (Lipinski definition) is 2. The number of hydrogen-bond acceptors (Lipinski definition) is 5. The molecule has 0 saturated heterocycles. The molecule has 0 aromatic heterocycles.